The van der Waals surface area contributed by atoms with Crippen molar-refractivity contribution >= 4 is 22.9 Å². The third-order valence-electron chi connectivity index (χ3n) is 3.37. The fourth-order valence-corrected chi connectivity index (χ4v) is 2.36. The Hall–Kier alpha value is -1.89. The first-order chi connectivity index (χ1) is 9.28. The average Bonchev–Trinajstić information content (AvgIpc) is 2.87. The zero-order valence-corrected chi connectivity index (χ0v) is 10.9. The highest BCUT2D eigenvalue weighted by molar-refractivity contribution is 5.84. The number of imidazole rings is 1. The van der Waals surface area contributed by atoms with E-state index in [9.17, 15) is 5.11 Å². The Morgan fingerprint density at radius 1 is 1.42 bits per heavy atom. The van der Waals surface area contributed by atoms with Gasteiger partial charge in [-0.25, -0.2) is 4.98 Å². The number of aliphatic hydroxyl groups is 1. The Morgan fingerprint density at radius 2 is 2.21 bits per heavy atom. The molecule has 7 nitrogen and oxygen atoms in total. The molecule has 0 spiro atoms. The van der Waals surface area contributed by atoms with Crippen molar-refractivity contribution in [2.75, 3.05) is 29.9 Å². The lowest BCUT2D eigenvalue weighted by molar-refractivity contribution is 0.145. The highest BCUT2D eigenvalue weighted by Gasteiger charge is 2.21. The number of aliphatic hydroxyl groups excluding tert-OH is 1. The normalized spacial score (nSPS) is 17.1. The van der Waals surface area contributed by atoms with E-state index in [-0.39, 0.29) is 6.10 Å². The monoisotopic (exact) mass is 262 g/mol. The number of nitrogens with zero attached hydrogens (tertiary/aromatic N) is 4. The predicted molar refractivity (Wildman–Crippen MR) is 73.3 cm³/mol. The highest BCUT2D eigenvalue weighted by Crippen LogP contribution is 2.25. The number of anilines is 2. The van der Waals surface area contributed by atoms with Crippen molar-refractivity contribution in [2.24, 2.45) is 0 Å². The SMILES string of the molecule is CCNc1nc(N2CCC(O)CC2)c2[nH]cnc2n1. The summed E-state index contributed by atoms with van der Waals surface area (Å²) in [5.74, 6) is 1.47. The largest absolute Gasteiger partial charge is 0.393 e. The average molecular weight is 262 g/mol. The molecule has 3 heterocycles. The van der Waals surface area contributed by atoms with Gasteiger partial charge in [0.15, 0.2) is 11.5 Å². The van der Waals surface area contributed by atoms with Gasteiger partial charge in [-0.3, -0.25) is 0 Å². The number of nitrogens with one attached hydrogen (secondary N) is 2. The number of piperidine rings is 1. The van der Waals surface area contributed by atoms with Gasteiger partial charge in [0.05, 0.1) is 12.4 Å². The molecule has 0 aliphatic carbocycles. The summed E-state index contributed by atoms with van der Waals surface area (Å²) in [5.41, 5.74) is 1.53. The molecule has 1 fully saturated rings. The highest BCUT2D eigenvalue weighted by atomic mass is 16.3. The number of hydrogen-bond acceptors (Lipinski definition) is 6. The van der Waals surface area contributed by atoms with Crippen LogP contribution in [-0.4, -0.2) is 50.8 Å². The third kappa shape index (κ3) is 2.33. The minimum absolute atomic E-state index is 0.191. The molecule has 1 saturated heterocycles. The summed E-state index contributed by atoms with van der Waals surface area (Å²) in [4.78, 5) is 18.4. The van der Waals surface area contributed by atoms with Crippen molar-refractivity contribution < 1.29 is 5.11 Å². The molecule has 0 bridgehead atoms. The maximum Gasteiger partial charge on any atom is 0.226 e. The van der Waals surface area contributed by atoms with Crippen LogP contribution < -0.4 is 10.2 Å². The molecule has 0 aromatic carbocycles. The molecule has 0 amide bonds. The van der Waals surface area contributed by atoms with E-state index in [4.69, 9.17) is 0 Å². The molecule has 1 aliphatic rings. The minimum Gasteiger partial charge on any atom is -0.393 e. The molecule has 7 heteroatoms. The van der Waals surface area contributed by atoms with Gasteiger partial charge in [-0.2, -0.15) is 9.97 Å². The Balaban J connectivity index is 1.98. The standard InChI is InChI=1S/C12H18N6O/c1-2-13-12-16-10-9(14-7-15-10)11(17-12)18-5-3-8(19)4-6-18/h7-8,19H,2-6H2,1H3,(H2,13,14,15,16,17). The van der Waals surface area contributed by atoms with Crippen molar-refractivity contribution in [1.29, 1.82) is 0 Å². The van der Waals surface area contributed by atoms with Crippen LogP contribution in [0.2, 0.25) is 0 Å². The van der Waals surface area contributed by atoms with E-state index in [1.54, 1.807) is 6.33 Å². The maximum absolute atomic E-state index is 9.59. The number of rotatable bonds is 3. The zero-order chi connectivity index (χ0) is 13.2. The summed E-state index contributed by atoms with van der Waals surface area (Å²) in [6.07, 6.45) is 2.99. The molecule has 3 N–H and O–H groups in total. The fraction of sp³-hybridized carbons (Fsp3) is 0.583. The summed E-state index contributed by atoms with van der Waals surface area (Å²) in [6.45, 7) is 4.39. The van der Waals surface area contributed by atoms with E-state index >= 15 is 0 Å². The molecule has 1 aliphatic heterocycles. The van der Waals surface area contributed by atoms with Gasteiger partial charge in [-0.15, -0.1) is 0 Å². The van der Waals surface area contributed by atoms with E-state index in [2.05, 4.69) is 30.2 Å². The van der Waals surface area contributed by atoms with Crippen molar-refractivity contribution in [3.63, 3.8) is 0 Å². The molecule has 0 radical (unpaired) electrons. The molecule has 0 unspecified atom stereocenters. The van der Waals surface area contributed by atoms with Gasteiger partial charge in [0.25, 0.3) is 0 Å². The van der Waals surface area contributed by atoms with E-state index in [0.29, 0.717) is 11.6 Å². The van der Waals surface area contributed by atoms with Crippen LogP contribution in [0, 0.1) is 0 Å². The number of hydrogen-bond donors (Lipinski definition) is 3. The summed E-state index contributed by atoms with van der Waals surface area (Å²) < 4.78 is 0. The van der Waals surface area contributed by atoms with Gasteiger partial charge < -0.3 is 20.3 Å². The molecular weight excluding hydrogens is 244 g/mol. The van der Waals surface area contributed by atoms with Gasteiger partial charge in [0.2, 0.25) is 5.95 Å². The van der Waals surface area contributed by atoms with Gasteiger partial charge in [-0.05, 0) is 19.8 Å². The number of fused-ring (bicyclic) bond motifs is 1. The van der Waals surface area contributed by atoms with E-state index in [1.165, 1.54) is 0 Å². The van der Waals surface area contributed by atoms with Gasteiger partial charge in [0.1, 0.15) is 5.52 Å². The first kappa shape index (κ1) is 12.2. The van der Waals surface area contributed by atoms with Crippen LogP contribution in [0.25, 0.3) is 11.2 Å². The number of aromatic nitrogens is 4. The summed E-state index contributed by atoms with van der Waals surface area (Å²) in [6, 6.07) is 0. The van der Waals surface area contributed by atoms with Crippen LogP contribution in [0.1, 0.15) is 19.8 Å². The minimum atomic E-state index is -0.191. The fourth-order valence-electron chi connectivity index (χ4n) is 2.36. The Labute approximate surface area is 111 Å². The predicted octanol–water partition coefficient (Wildman–Crippen LogP) is 0.746. The van der Waals surface area contributed by atoms with Crippen molar-refractivity contribution in [3.05, 3.63) is 6.33 Å². The van der Waals surface area contributed by atoms with E-state index in [0.717, 1.165) is 43.8 Å². The number of H-pyrrole nitrogens is 1. The molecule has 3 rings (SSSR count). The second-order valence-corrected chi connectivity index (χ2v) is 4.72. The van der Waals surface area contributed by atoms with Gasteiger partial charge >= 0.3 is 0 Å². The van der Waals surface area contributed by atoms with Crippen LogP contribution in [0.15, 0.2) is 6.33 Å². The molecule has 2 aromatic heterocycles. The van der Waals surface area contributed by atoms with Gasteiger partial charge in [0, 0.05) is 19.6 Å². The Bertz CT molecular complexity index is 560. The summed E-state index contributed by atoms with van der Waals surface area (Å²) in [7, 11) is 0. The topological polar surface area (TPSA) is 90.0 Å². The van der Waals surface area contributed by atoms with Crippen LogP contribution in [0.4, 0.5) is 11.8 Å². The van der Waals surface area contributed by atoms with Crippen molar-refractivity contribution in [1.82, 2.24) is 19.9 Å². The lowest BCUT2D eigenvalue weighted by Gasteiger charge is -2.30. The Kier molecular flexibility index (Phi) is 3.20. The second kappa shape index (κ2) is 5.00. The second-order valence-electron chi connectivity index (χ2n) is 4.72. The van der Waals surface area contributed by atoms with Crippen LogP contribution in [0.5, 0.6) is 0 Å². The maximum atomic E-state index is 9.59. The molecule has 2 aromatic rings. The van der Waals surface area contributed by atoms with Crippen molar-refractivity contribution in [2.45, 2.75) is 25.9 Å². The lowest BCUT2D eigenvalue weighted by atomic mass is 10.1. The molecule has 102 valence electrons. The Morgan fingerprint density at radius 3 is 2.95 bits per heavy atom. The summed E-state index contributed by atoms with van der Waals surface area (Å²) in [5, 5.41) is 12.7. The van der Waals surface area contributed by atoms with Crippen LogP contribution in [-0.2, 0) is 0 Å². The molecular formula is C12H18N6O. The molecule has 19 heavy (non-hydrogen) atoms. The molecule has 0 saturated carbocycles. The smallest absolute Gasteiger partial charge is 0.226 e. The van der Waals surface area contributed by atoms with Crippen LogP contribution in [0.3, 0.4) is 0 Å². The van der Waals surface area contributed by atoms with E-state index < -0.39 is 0 Å². The lowest BCUT2D eigenvalue weighted by Crippen LogP contribution is -2.36. The summed E-state index contributed by atoms with van der Waals surface area (Å²) >= 11 is 0. The first-order valence-electron chi connectivity index (χ1n) is 6.66. The van der Waals surface area contributed by atoms with Gasteiger partial charge in [-0.1, -0.05) is 0 Å². The van der Waals surface area contributed by atoms with Crippen LogP contribution >= 0.6 is 0 Å². The van der Waals surface area contributed by atoms with E-state index in [1.807, 2.05) is 6.92 Å². The first-order valence-corrected chi connectivity index (χ1v) is 6.66. The quantitative estimate of drug-likeness (QED) is 0.756. The van der Waals surface area contributed by atoms with Crippen molar-refractivity contribution in [3.8, 4) is 0 Å². The molecule has 0 atom stereocenters. The zero-order valence-electron chi connectivity index (χ0n) is 10.9. The third-order valence-corrected chi connectivity index (χ3v) is 3.37. The number of aromatic amines is 1.